The van der Waals surface area contributed by atoms with E-state index >= 15 is 0 Å². The zero-order valence-electron chi connectivity index (χ0n) is 12.8. The van der Waals surface area contributed by atoms with Gasteiger partial charge in [0.25, 0.3) is 0 Å². The number of nitrogens with zero attached hydrogens (tertiary/aromatic N) is 2. The molecule has 1 atom stereocenters. The van der Waals surface area contributed by atoms with Crippen molar-refractivity contribution in [3.05, 3.63) is 65.5 Å². The summed E-state index contributed by atoms with van der Waals surface area (Å²) in [6, 6.07) is 15.3. The number of hydrogen-bond acceptors (Lipinski definition) is 2. The molecule has 0 aliphatic heterocycles. The minimum absolute atomic E-state index is 0.188. The van der Waals surface area contributed by atoms with Gasteiger partial charge >= 0.3 is 0 Å². The van der Waals surface area contributed by atoms with E-state index in [1.54, 1.807) is 0 Å². The van der Waals surface area contributed by atoms with Gasteiger partial charge in [-0.3, -0.25) is 4.68 Å². The molecule has 0 fully saturated rings. The minimum Gasteiger partial charge on any atom is -0.306 e. The van der Waals surface area contributed by atoms with E-state index in [1.807, 2.05) is 11.7 Å². The van der Waals surface area contributed by atoms with Gasteiger partial charge in [-0.15, -0.1) is 0 Å². The highest BCUT2D eigenvalue weighted by atomic mass is 15.3. The monoisotopic (exact) mass is 279 g/mol. The lowest BCUT2D eigenvalue weighted by Crippen LogP contribution is -2.22. The highest BCUT2D eigenvalue weighted by molar-refractivity contribution is 5.83. The molecule has 1 N–H and O–H groups in total. The Morgan fingerprint density at radius 1 is 1.14 bits per heavy atom. The molecule has 0 bridgehead atoms. The molecule has 3 heteroatoms. The van der Waals surface area contributed by atoms with Crippen molar-refractivity contribution in [2.24, 2.45) is 7.05 Å². The molecule has 3 rings (SSSR count). The molecular formula is C18H21N3. The number of nitrogens with one attached hydrogen (secondary N) is 1. The van der Waals surface area contributed by atoms with Crippen LogP contribution >= 0.6 is 0 Å². The van der Waals surface area contributed by atoms with Crippen LogP contribution in [0.5, 0.6) is 0 Å². The standard InChI is InChI=1S/C18H21N3/c1-4-19-18(17-12-21(3)20-13(17)2)16-10-9-14-7-5-6-8-15(14)11-16/h5-12,18-19H,4H2,1-3H3. The van der Waals surface area contributed by atoms with E-state index in [9.17, 15) is 0 Å². The molecule has 1 unspecified atom stereocenters. The van der Waals surface area contributed by atoms with Gasteiger partial charge < -0.3 is 5.32 Å². The Bertz CT molecular complexity index is 758. The molecule has 0 amide bonds. The van der Waals surface area contributed by atoms with Gasteiger partial charge in [0.15, 0.2) is 0 Å². The van der Waals surface area contributed by atoms with Crippen LogP contribution in [0.2, 0.25) is 0 Å². The lowest BCUT2D eigenvalue weighted by Gasteiger charge is -2.18. The lowest BCUT2D eigenvalue weighted by atomic mass is 9.96. The van der Waals surface area contributed by atoms with Crippen molar-refractivity contribution in [1.82, 2.24) is 15.1 Å². The van der Waals surface area contributed by atoms with Gasteiger partial charge in [0.1, 0.15) is 0 Å². The van der Waals surface area contributed by atoms with Crippen LogP contribution in [0.1, 0.15) is 29.8 Å². The summed E-state index contributed by atoms with van der Waals surface area (Å²) in [5.74, 6) is 0. The Balaban J connectivity index is 2.08. The predicted octanol–water partition coefficient (Wildman–Crippen LogP) is 3.58. The van der Waals surface area contributed by atoms with Gasteiger partial charge in [-0.1, -0.05) is 43.3 Å². The van der Waals surface area contributed by atoms with Crippen LogP contribution < -0.4 is 5.32 Å². The van der Waals surface area contributed by atoms with Gasteiger partial charge in [-0.2, -0.15) is 5.10 Å². The molecule has 21 heavy (non-hydrogen) atoms. The predicted molar refractivity (Wildman–Crippen MR) is 87.4 cm³/mol. The molecule has 0 saturated carbocycles. The fraction of sp³-hybridized carbons (Fsp3) is 0.278. The molecule has 0 radical (unpaired) electrons. The van der Waals surface area contributed by atoms with E-state index in [0.717, 1.165) is 12.2 Å². The molecular weight excluding hydrogens is 258 g/mol. The molecule has 3 aromatic rings. The quantitative estimate of drug-likeness (QED) is 0.791. The zero-order chi connectivity index (χ0) is 14.8. The summed E-state index contributed by atoms with van der Waals surface area (Å²) in [5.41, 5.74) is 3.61. The third-order valence-corrected chi connectivity index (χ3v) is 3.88. The molecule has 1 aromatic heterocycles. The maximum Gasteiger partial charge on any atom is 0.0644 e. The normalized spacial score (nSPS) is 12.7. The Kier molecular flexibility index (Phi) is 3.76. The first kappa shape index (κ1) is 13.8. The minimum atomic E-state index is 0.188. The van der Waals surface area contributed by atoms with Gasteiger partial charge in [-0.25, -0.2) is 0 Å². The summed E-state index contributed by atoms with van der Waals surface area (Å²) < 4.78 is 1.88. The summed E-state index contributed by atoms with van der Waals surface area (Å²) in [6.45, 7) is 5.13. The summed E-state index contributed by atoms with van der Waals surface area (Å²) >= 11 is 0. The van der Waals surface area contributed by atoms with Crippen LogP contribution in [0, 0.1) is 6.92 Å². The molecule has 0 aliphatic rings. The van der Waals surface area contributed by atoms with Crippen molar-refractivity contribution in [2.45, 2.75) is 19.9 Å². The van der Waals surface area contributed by atoms with Crippen LogP contribution in [0.4, 0.5) is 0 Å². The summed E-state index contributed by atoms with van der Waals surface area (Å²) in [4.78, 5) is 0. The Labute approximate surface area is 125 Å². The first-order valence-electron chi connectivity index (χ1n) is 7.41. The van der Waals surface area contributed by atoms with Gasteiger partial charge in [0.05, 0.1) is 11.7 Å². The average Bonchev–Trinajstić information content (AvgIpc) is 2.83. The van der Waals surface area contributed by atoms with Crippen LogP contribution in [0.15, 0.2) is 48.7 Å². The van der Waals surface area contributed by atoms with Crippen molar-refractivity contribution in [3.8, 4) is 0 Å². The second-order valence-corrected chi connectivity index (χ2v) is 5.44. The highest BCUT2D eigenvalue weighted by Gasteiger charge is 2.17. The number of aromatic nitrogens is 2. The largest absolute Gasteiger partial charge is 0.306 e. The van der Waals surface area contributed by atoms with Crippen molar-refractivity contribution in [1.29, 1.82) is 0 Å². The van der Waals surface area contributed by atoms with Gasteiger partial charge in [0, 0.05) is 18.8 Å². The Morgan fingerprint density at radius 2 is 1.90 bits per heavy atom. The first-order valence-corrected chi connectivity index (χ1v) is 7.41. The Morgan fingerprint density at radius 3 is 2.57 bits per heavy atom. The number of aryl methyl sites for hydroxylation is 2. The molecule has 3 nitrogen and oxygen atoms in total. The molecule has 0 spiro atoms. The number of rotatable bonds is 4. The van der Waals surface area contributed by atoms with E-state index in [-0.39, 0.29) is 6.04 Å². The van der Waals surface area contributed by atoms with Crippen LogP contribution in [-0.2, 0) is 7.05 Å². The fourth-order valence-corrected chi connectivity index (χ4v) is 2.90. The number of fused-ring (bicyclic) bond motifs is 1. The topological polar surface area (TPSA) is 29.9 Å². The summed E-state index contributed by atoms with van der Waals surface area (Å²) in [5, 5.41) is 10.6. The van der Waals surface area contributed by atoms with Crippen molar-refractivity contribution in [3.63, 3.8) is 0 Å². The third kappa shape index (κ3) is 2.69. The maximum atomic E-state index is 4.48. The second-order valence-electron chi connectivity index (χ2n) is 5.44. The molecule has 2 aromatic carbocycles. The first-order chi connectivity index (χ1) is 10.2. The van der Waals surface area contributed by atoms with Crippen molar-refractivity contribution < 1.29 is 0 Å². The molecule has 0 saturated heterocycles. The number of benzene rings is 2. The van der Waals surface area contributed by atoms with Crippen LogP contribution in [-0.4, -0.2) is 16.3 Å². The lowest BCUT2D eigenvalue weighted by molar-refractivity contribution is 0.628. The molecule has 0 aliphatic carbocycles. The van der Waals surface area contributed by atoms with Crippen molar-refractivity contribution in [2.75, 3.05) is 6.54 Å². The van der Waals surface area contributed by atoms with Crippen LogP contribution in [0.3, 0.4) is 0 Å². The number of hydrogen-bond donors (Lipinski definition) is 1. The fourth-order valence-electron chi connectivity index (χ4n) is 2.90. The molecule has 1 heterocycles. The van der Waals surface area contributed by atoms with Crippen LogP contribution in [0.25, 0.3) is 10.8 Å². The Hall–Kier alpha value is -2.13. The van der Waals surface area contributed by atoms with E-state index in [0.29, 0.717) is 0 Å². The van der Waals surface area contributed by atoms with Gasteiger partial charge in [0.2, 0.25) is 0 Å². The van der Waals surface area contributed by atoms with E-state index < -0.39 is 0 Å². The van der Waals surface area contributed by atoms with E-state index in [4.69, 9.17) is 0 Å². The van der Waals surface area contributed by atoms with E-state index in [2.05, 4.69) is 72.9 Å². The van der Waals surface area contributed by atoms with Gasteiger partial charge in [-0.05, 0) is 35.9 Å². The van der Waals surface area contributed by atoms with Crippen molar-refractivity contribution >= 4 is 10.8 Å². The summed E-state index contributed by atoms with van der Waals surface area (Å²) in [7, 11) is 1.97. The smallest absolute Gasteiger partial charge is 0.0644 e. The average molecular weight is 279 g/mol. The maximum absolute atomic E-state index is 4.48. The third-order valence-electron chi connectivity index (χ3n) is 3.88. The van der Waals surface area contributed by atoms with E-state index in [1.165, 1.54) is 21.9 Å². The molecule has 108 valence electrons. The highest BCUT2D eigenvalue weighted by Crippen LogP contribution is 2.27. The summed E-state index contributed by atoms with van der Waals surface area (Å²) in [6.07, 6.45) is 2.11. The zero-order valence-corrected chi connectivity index (χ0v) is 12.8. The second kappa shape index (κ2) is 5.70. The SMILES string of the molecule is CCNC(c1ccc2ccccc2c1)c1cn(C)nc1C.